The molecule has 2 aromatic heterocycles. The van der Waals surface area contributed by atoms with Crippen molar-refractivity contribution < 1.29 is 18.8 Å². The lowest BCUT2D eigenvalue weighted by Gasteiger charge is -2.18. The number of aryl methyl sites for hydroxylation is 1. The number of aromatic nitrogens is 2. The lowest BCUT2D eigenvalue weighted by Crippen LogP contribution is -2.32. The van der Waals surface area contributed by atoms with Crippen molar-refractivity contribution in [3.63, 3.8) is 0 Å². The molecule has 0 spiro atoms. The van der Waals surface area contributed by atoms with E-state index in [0.29, 0.717) is 31.0 Å². The average Bonchev–Trinajstić information content (AvgIpc) is 3.71. The Morgan fingerprint density at radius 3 is 2.20 bits per heavy atom. The summed E-state index contributed by atoms with van der Waals surface area (Å²) in [6, 6.07) is 21.9. The Balaban J connectivity index is 1.31. The third-order valence-electron chi connectivity index (χ3n) is 7.50. The minimum atomic E-state index is -0.469. The van der Waals surface area contributed by atoms with Crippen LogP contribution in [-0.4, -0.2) is 35.2 Å². The molecule has 41 heavy (non-hydrogen) atoms. The maximum absolute atomic E-state index is 12.7. The van der Waals surface area contributed by atoms with E-state index in [1.54, 1.807) is 6.07 Å². The topological polar surface area (TPSA) is 94.3 Å². The van der Waals surface area contributed by atoms with Crippen molar-refractivity contribution in [3.05, 3.63) is 94.9 Å². The third kappa shape index (κ3) is 6.24. The van der Waals surface area contributed by atoms with Crippen molar-refractivity contribution in [2.75, 3.05) is 13.2 Å². The smallest absolute Gasteiger partial charge is 0.316 e. The lowest BCUT2D eigenvalue weighted by atomic mass is 9.93. The SMILES string of the molecule is CCOC(=O)C1(c2ccc(-c3ccc(-c4onc(C)c4Cc4cccc(C(=O)NCC(C)(C)C)n4)cc3)cc2)CC1. The van der Waals surface area contributed by atoms with Gasteiger partial charge >= 0.3 is 5.97 Å². The second kappa shape index (κ2) is 11.3. The Labute approximate surface area is 241 Å². The van der Waals surface area contributed by atoms with E-state index in [2.05, 4.69) is 60.5 Å². The van der Waals surface area contributed by atoms with E-state index in [-0.39, 0.29) is 17.3 Å². The number of nitrogens with one attached hydrogen (secondary N) is 1. The first-order valence-electron chi connectivity index (χ1n) is 14.2. The normalized spacial score (nSPS) is 14.0. The molecule has 2 heterocycles. The maximum atomic E-state index is 12.7. The molecule has 0 atom stereocenters. The van der Waals surface area contributed by atoms with Crippen LogP contribution in [0.15, 0.2) is 71.3 Å². The van der Waals surface area contributed by atoms with E-state index >= 15 is 0 Å². The third-order valence-corrected chi connectivity index (χ3v) is 7.50. The highest BCUT2D eigenvalue weighted by Crippen LogP contribution is 2.49. The van der Waals surface area contributed by atoms with Gasteiger partial charge in [0.2, 0.25) is 0 Å². The molecule has 0 unspecified atom stereocenters. The van der Waals surface area contributed by atoms with Crippen LogP contribution in [-0.2, 0) is 21.4 Å². The molecule has 4 aromatic rings. The zero-order chi connectivity index (χ0) is 29.2. The van der Waals surface area contributed by atoms with Crippen molar-refractivity contribution in [2.24, 2.45) is 5.41 Å². The van der Waals surface area contributed by atoms with E-state index in [1.165, 1.54) is 0 Å². The summed E-state index contributed by atoms with van der Waals surface area (Å²) in [6.45, 7) is 11.0. The van der Waals surface area contributed by atoms with Gasteiger partial charge in [0, 0.05) is 29.8 Å². The number of amides is 1. The molecule has 0 aliphatic heterocycles. The molecule has 1 saturated carbocycles. The Bertz CT molecular complexity index is 1540. The summed E-state index contributed by atoms with van der Waals surface area (Å²) in [6.07, 6.45) is 2.17. The number of benzene rings is 2. The highest BCUT2D eigenvalue weighted by Gasteiger charge is 2.52. The van der Waals surface area contributed by atoms with Crippen LogP contribution in [0.25, 0.3) is 22.5 Å². The Morgan fingerprint density at radius 1 is 0.951 bits per heavy atom. The predicted molar refractivity (Wildman–Crippen MR) is 158 cm³/mol. The van der Waals surface area contributed by atoms with Gasteiger partial charge < -0.3 is 14.6 Å². The number of carbonyl (C=O) groups is 2. The second-order valence-corrected chi connectivity index (χ2v) is 12.0. The Morgan fingerprint density at radius 2 is 1.59 bits per heavy atom. The van der Waals surface area contributed by atoms with Gasteiger partial charge in [0.1, 0.15) is 5.69 Å². The molecule has 0 saturated heterocycles. The number of esters is 1. The fourth-order valence-corrected chi connectivity index (χ4v) is 4.95. The van der Waals surface area contributed by atoms with Gasteiger partial charge in [-0.3, -0.25) is 9.59 Å². The number of hydrogen-bond acceptors (Lipinski definition) is 6. The van der Waals surface area contributed by atoms with Crippen LogP contribution in [0, 0.1) is 12.3 Å². The molecule has 1 aliphatic carbocycles. The van der Waals surface area contributed by atoms with E-state index in [9.17, 15) is 9.59 Å². The Hall–Kier alpha value is -4.26. The largest absolute Gasteiger partial charge is 0.465 e. The molecule has 2 aromatic carbocycles. The van der Waals surface area contributed by atoms with Gasteiger partial charge in [0.05, 0.1) is 17.7 Å². The maximum Gasteiger partial charge on any atom is 0.316 e. The Kier molecular flexibility index (Phi) is 7.80. The molecule has 1 aliphatic rings. The molecule has 7 heteroatoms. The van der Waals surface area contributed by atoms with Crippen LogP contribution in [0.1, 0.15) is 73.5 Å². The molecule has 1 fully saturated rings. The van der Waals surface area contributed by atoms with Crippen LogP contribution in [0.2, 0.25) is 0 Å². The first-order valence-corrected chi connectivity index (χ1v) is 14.2. The highest BCUT2D eigenvalue weighted by atomic mass is 16.5. The standard InChI is InChI=1S/C34H37N3O4/c1-6-40-32(39)34(18-19-34)26-16-14-24(15-17-26)23-10-12-25(13-11-23)30-28(22(2)37-41-30)20-27-8-7-9-29(36-27)31(38)35-21-33(3,4)5/h7-17H,6,18-21H2,1-5H3,(H,35,38). The van der Waals surface area contributed by atoms with Crippen molar-refractivity contribution in [1.29, 1.82) is 0 Å². The number of hydrogen-bond donors (Lipinski definition) is 1. The van der Waals surface area contributed by atoms with Crippen LogP contribution in [0.4, 0.5) is 0 Å². The predicted octanol–water partition coefficient (Wildman–Crippen LogP) is 6.67. The van der Waals surface area contributed by atoms with Gasteiger partial charge in [-0.2, -0.15) is 0 Å². The zero-order valence-corrected chi connectivity index (χ0v) is 24.4. The molecular formula is C34H37N3O4. The van der Waals surface area contributed by atoms with Gasteiger partial charge in [-0.05, 0) is 60.9 Å². The summed E-state index contributed by atoms with van der Waals surface area (Å²) < 4.78 is 11.1. The molecule has 1 amide bonds. The van der Waals surface area contributed by atoms with E-state index in [4.69, 9.17) is 9.26 Å². The quantitative estimate of drug-likeness (QED) is 0.233. The summed E-state index contributed by atoms with van der Waals surface area (Å²) >= 11 is 0. The van der Waals surface area contributed by atoms with Gasteiger partial charge in [-0.25, -0.2) is 4.98 Å². The second-order valence-electron chi connectivity index (χ2n) is 12.0. The van der Waals surface area contributed by atoms with Crippen LogP contribution in [0.5, 0.6) is 0 Å². The number of rotatable bonds is 9. The van der Waals surface area contributed by atoms with Crippen molar-refractivity contribution in [1.82, 2.24) is 15.5 Å². The molecule has 0 bridgehead atoms. The van der Waals surface area contributed by atoms with Crippen molar-refractivity contribution in [3.8, 4) is 22.5 Å². The van der Waals surface area contributed by atoms with Gasteiger partial charge in [0.25, 0.3) is 5.91 Å². The minimum Gasteiger partial charge on any atom is -0.465 e. The summed E-state index contributed by atoms with van der Waals surface area (Å²) in [5, 5.41) is 7.19. The summed E-state index contributed by atoms with van der Waals surface area (Å²) in [7, 11) is 0. The van der Waals surface area contributed by atoms with Crippen molar-refractivity contribution in [2.45, 2.75) is 59.3 Å². The lowest BCUT2D eigenvalue weighted by molar-refractivity contribution is -0.146. The zero-order valence-electron chi connectivity index (χ0n) is 24.4. The first-order chi connectivity index (χ1) is 19.6. The van der Waals surface area contributed by atoms with Crippen LogP contribution < -0.4 is 5.32 Å². The van der Waals surface area contributed by atoms with Gasteiger partial charge in [-0.1, -0.05) is 80.5 Å². The van der Waals surface area contributed by atoms with Crippen LogP contribution in [0.3, 0.4) is 0 Å². The molecular weight excluding hydrogens is 514 g/mol. The van der Waals surface area contributed by atoms with Gasteiger partial charge in [-0.15, -0.1) is 0 Å². The number of ether oxygens (including phenoxy) is 1. The van der Waals surface area contributed by atoms with Gasteiger partial charge in [0.15, 0.2) is 5.76 Å². The number of pyridine rings is 1. The molecule has 1 N–H and O–H groups in total. The number of nitrogens with zero attached hydrogens (tertiary/aromatic N) is 2. The summed E-state index contributed by atoms with van der Waals surface area (Å²) in [5.74, 6) is 0.390. The van der Waals surface area contributed by atoms with Crippen LogP contribution >= 0.6 is 0 Å². The fourth-order valence-electron chi connectivity index (χ4n) is 4.95. The number of carbonyl (C=O) groups excluding carboxylic acids is 2. The van der Waals surface area contributed by atoms with E-state index < -0.39 is 5.41 Å². The summed E-state index contributed by atoms with van der Waals surface area (Å²) in [5.41, 5.74) is 6.49. The molecule has 0 radical (unpaired) electrons. The minimum absolute atomic E-state index is 0.00963. The van der Waals surface area contributed by atoms with E-state index in [1.807, 2.05) is 50.2 Å². The average molecular weight is 552 g/mol. The monoisotopic (exact) mass is 551 g/mol. The fraction of sp³-hybridized carbons (Fsp3) is 0.353. The highest BCUT2D eigenvalue weighted by molar-refractivity contribution is 5.92. The molecule has 5 rings (SSSR count). The molecule has 7 nitrogen and oxygen atoms in total. The molecule has 212 valence electrons. The van der Waals surface area contributed by atoms with Crippen molar-refractivity contribution >= 4 is 11.9 Å². The first kappa shape index (κ1) is 28.3. The summed E-state index contributed by atoms with van der Waals surface area (Å²) in [4.78, 5) is 29.7. The van der Waals surface area contributed by atoms with E-state index in [0.717, 1.165) is 52.0 Å².